The topological polar surface area (TPSA) is 47.3 Å². The quantitative estimate of drug-likeness (QED) is 0.820. The first-order valence-corrected chi connectivity index (χ1v) is 6.69. The molecule has 0 aliphatic carbocycles. The molecule has 0 saturated heterocycles. The molecule has 0 amide bonds. The molecule has 0 radical (unpaired) electrons. The van der Waals surface area contributed by atoms with Crippen LogP contribution in [0.4, 0.5) is 20.2 Å². The highest BCUT2D eigenvalue weighted by molar-refractivity contribution is 5.61. The van der Waals surface area contributed by atoms with Crippen molar-refractivity contribution in [3.05, 3.63) is 53.6 Å². The predicted octanol–water partition coefficient (Wildman–Crippen LogP) is 3.95. The van der Waals surface area contributed by atoms with Gasteiger partial charge in [-0.15, -0.1) is 0 Å². The van der Waals surface area contributed by atoms with E-state index in [2.05, 4.69) is 5.32 Å². The van der Waals surface area contributed by atoms with Crippen LogP contribution in [-0.4, -0.2) is 6.10 Å². The Morgan fingerprint density at radius 2 is 1.86 bits per heavy atom. The van der Waals surface area contributed by atoms with Gasteiger partial charge in [0.2, 0.25) is 0 Å². The number of nitrogens with two attached hydrogens (primary N) is 1. The van der Waals surface area contributed by atoms with Crippen LogP contribution in [0.2, 0.25) is 0 Å². The lowest BCUT2D eigenvalue weighted by atomic mass is 10.2. The Balaban J connectivity index is 2.07. The van der Waals surface area contributed by atoms with E-state index < -0.39 is 11.6 Å². The first-order chi connectivity index (χ1) is 9.95. The number of halogens is 2. The molecule has 2 aromatic carbocycles. The summed E-state index contributed by atoms with van der Waals surface area (Å²) in [6.45, 7) is 4.21. The molecule has 0 heterocycles. The smallest absolute Gasteiger partial charge is 0.159 e. The molecule has 0 atom stereocenters. The van der Waals surface area contributed by atoms with Crippen molar-refractivity contribution in [2.75, 3.05) is 11.1 Å². The minimum absolute atomic E-state index is 0.0220. The molecule has 21 heavy (non-hydrogen) atoms. The van der Waals surface area contributed by atoms with Crippen LogP contribution in [0.1, 0.15) is 19.4 Å². The summed E-state index contributed by atoms with van der Waals surface area (Å²) >= 11 is 0. The third kappa shape index (κ3) is 4.08. The number of nitrogens with one attached hydrogen (secondary N) is 1. The zero-order valence-corrected chi connectivity index (χ0v) is 12.0. The number of anilines is 2. The fraction of sp³-hybridized carbons (Fsp3) is 0.250. The highest BCUT2D eigenvalue weighted by atomic mass is 19.2. The monoisotopic (exact) mass is 292 g/mol. The zero-order chi connectivity index (χ0) is 15.4. The minimum Gasteiger partial charge on any atom is -0.489 e. The number of hydrogen-bond donors (Lipinski definition) is 2. The van der Waals surface area contributed by atoms with Gasteiger partial charge in [-0.2, -0.15) is 0 Å². The van der Waals surface area contributed by atoms with Gasteiger partial charge in [0.1, 0.15) is 5.75 Å². The average Bonchev–Trinajstić information content (AvgIpc) is 2.43. The van der Waals surface area contributed by atoms with E-state index in [0.29, 0.717) is 23.5 Å². The van der Waals surface area contributed by atoms with Gasteiger partial charge in [0.15, 0.2) is 11.6 Å². The molecule has 3 N–H and O–H groups in total. The van der Waals surface area contributed by atoms with Crippen molar-refractivity contribution in [3.8, 4) is 5.75 Å². The van der Waals surface area contributed by atoms with Gasteiger partial charge in [-0.1, -0.05) is 6.07 Å². The maximum atomic E-state index is 13.1. The summed E-state index contributed by atoms with van der Waals surface area (Å²) in [5, 5.41) is 3.12. The summed E-state index contributed by atoms with van der Waals surface area (Å²) in [7, 11) is 0. The van der Waals surface area contributed by atoms with Crippen LogP contribution in [0.25, 0.3) is 0 Å². The van der Waals surface area contributed by atoms with E-state index in [1.54, 1.807) is 12.1 Å². The zero-order valence-electron chi connectivity index (χ0n) is 12.0. The van der Waals surface area contributed by atoms with Crippen LogP contribution in [0.3, 0.4) is 0 Å². The van der Waals surface area contributed by atoms with E-state index in [1.807, 2.05) is 19.9 Å². The molecule has 2 aromatic rings. The SMILES string of the molecule is CC(C)Oc1cc(NCc2ccc(F)c(F)c2)ccc1N. The van der Waals surface area contributed by atoms with Gasteiger partial charge in [0.05, 0.1) is 11.8 Å². The maximum absolute atomic E-state index is 13.1. The second kappa shape index (κ2) is 6.43. The average molecular weight is 292 g/mol. The van der Waals surface area contributed by atoms with Gasteiger partial charge in [0.25, 0.3) is 0 Å². The molecule has 5 heteroatoms. The fourth-order valence-electron chi connectivity index (χ4n) is 1.85. The number of nitrogen functional groups attached to an aromatic ring is 1. The van der Waals surface area contributed by atoms with E-state index in [0.717, 1.165) is 11.8 Å². The van der Waals surface area contributed by atoms with Crippen molar-refractivity contribution in [2.24, 2.45) is 0 Å². The molecule has 3 nitrogen and oxygen atoms in total. The van der Waals surface area contributed by atoms with Gasteiger partial charge in [0, 0.05) is 18.3 Å². The fourth-order valence-corrected chi connectivity index (χ4v) is 1.85. The molecular formula is C16H18F2N2O. The highest BCUT2D eigenvalue weighted by Gasteiger charge is 2.06. The molecule has 0 fully saturated rings. The highest BCUT2D eigenvalue weighted by Crippen LogP contribution is 2.26. The number of benzene rings is 2. The van der Waals surface area contributed by atoms with E-state index >= 15 is 0 Å². The molecule has 0 unspecified atom stereocenters. The Morgan fingerprint density at radius 3 is 2.52 bits per heavy atom. The lowest BCUT2D eigenvalue weighted by Gasteiger charge is -2.14. The van der Waals surface area contributed by atoms with Crippen LogP contribution < -0.4 is 15.8 Å². The normalized spacial score (nSPS) is 10.7. The van der Waals surface area contributed by atoms with Crippen molar-refractivity contribution < 1.29 is 13.5 Å². The first kappa shape index (κ1) is 15.1. The van der Waals surface area contributed by atoms with Crippen molar-refractivity contribution in [3.63, 3.8) is 0 Å². The van der Waals surface area contributed by atoms with Crippen LogP contribution in [0, 0.1) is 11.6 Å². The van der Waals surface area contributed by atoms with Crippen molar-refractivity contribution in [2.45, 2.75) is 26.5 Å². The van der Waals surface area contributed by atoms with Crippen molar-refractivity contribution in [1.29, 1.82) is 0 Å². The molecule has 0 aliphatic heterocycles. The van der Waals surface area contributed by atoms with Crippen LogP contribution >= 0.6 is 0 Å². The lowest BCUT2D eigenvalue weighted by Crippen LogP contribution is -2.08. The summed E-state index contributed by atoms with van der Waals surface area (Å²) in [6.07, 6.45) is 0.0220. The van der Waals surface area contributed by atoms with E-state index in [9.17, 15) is 8.78 Å². The molecule has 0 saturated carbocycles. The predicted molar refractivity (Wildman–Crippen MR) is 80.3 cm³/mol. The van der Waals surface area contributed by atoms with Gasteiger partial charge in [-0.05, 0) is 43.7 Å². The summed E-state index contributed by atoms with van der Waals surface area (Å²) in [5.74, 6) is -1.10. The standard InChI is InChI=1S/C16H18F2N2O/c1-10(2)21-16-8-12(4-6-15(16)19)20-9-11-3-5-13(17)14(18)7-11/h3-8,10,20H,9,19H2,1-2H3. The maximum Gasteiger partial charge on any atom is 0.159 e. The number of hydrogen-bond acceptors (Lipinski definition) is 3. The third-order valence-corrected chi connectivity index (χ3v) is 2.86. The van der Waals surface area contributed by atoms with Gasteiger partial charge in [-0.3, -0.25) is 0 Å². The van der Waals surface area contributed by atoms with E-state index in [-0.39, 0.29) is 6.10 Å². The number of rotatable bonds is 5. The van der Waals surface area contributed by atoms with Crippen LogP contribution in [0.15, 0.2) is 36.4 Å². The van der Waals surface area contributed by atoms with Crippen molar-refractivity contribution in [1.82, 2.24) is 0 Å². The molecule has 112 valence electrons. The van der Waals surface area contributed by atoms with Crippen LogP contribution in [-0.2, 0) is 6.54 Å². The summed E-state index contributed by atoms with van der Waals surface area (Å²) in [6, 6.07) is 9.16. The second-order valence-electron chi connectivity index (χ2n) is 5.02. The molecule has 0 aromatic heterocycles. The molecule has 2 rings (SSSR count). The number of ether oxygens (including phenoxy) is 1. The summed E-state index contributed by atoms with van der Waals surface area (Å²) in [4.78, 5) is 0. The summed E-state index contributed by atoms with van der Waals surface area (Å²) in [5.41, 5.74) is 7.84. The first-order valence-electron chi connectivity index (χ1n) is 6.69. The third-order valence-electron chi connectivity index (χ3n) is 2.86. The Bertz CT molecular complexity index is 630. The Hall–Kier alpha value is -2.30. The lowest BCUT2D eigenvalue weighted by molar-refractivity contribution is 0.244. The summed E-state index contributed by atoms with van der Waals surface area (Å²) < 4.78 is 31.6. The van der Waals surface area contributed by atoms with Gasteiger partial charge < -0.3 is 15.8 Å². The van der Waals surface area contributed by atoms with Gasteiger partial charge in [-0.25, -0.2) is 8.78 Å². The largest absolute Gasteiger partial charge is 0.489 e. The van der Waals surface area contributed by atoms with Gasteiger partial charge >= 0.3 is 0 Å². The molecular weight excluding hydrogens is 274 g/mol. The van der Waals surface area contributed by atoms with E-state index in [4.69, 9.17) is 10.5 Å². The minimum atomic E-state index is -0.851. The second-order valence-corrected chi connectivity index (χ2v) is 5.02. The Labute approximate surface area is 122 Å². The Morgan fingerprint density at radius 1 is 1.10 bits per heavy atom. The molecule has 0 spiro atoms. The Kier molecular flexibility index (Phi) is 4.62. The van der Waals surface area contributed by atoms with Crippen LogP contribution in [0.5, 0.6) is 5.75 Å². The molecule has 0 aliphatic rings. The molecule has 0 bridgehead atoms. The van der Waals surface area contributed by atoms with E-state index in [1.165, 1.54) is 12.1 Å². The van der Waals surface area contributed by atoms with Crippen molar-refractivity contribution >= 4 is 11.4 Å².